The van der Waals surface area contributed by atoms with E-state index < -0.39 is 79.3 Å². The molecule has 5 N–H and O–H groups in total. The van der Waals surface area contributed by atoms with E-state index in [9.17, 15) is 24.3 Å². The Labute approximate surface area is 456 Å². The molecule has 0 aliphatic carbocycles. The Hall–Kier alpha value is -4.33. The van der Waals surface area contributed by atoms with Crippen LogP contribution in [0.15, 0.2) is 22.2 Å². The molecular formula is C51H87N12O11PSi2. The molecule has 1 unspecified atom stereocenters. The molecule has 2 aliphatic rings. The number of hydrogen-bond acceptors (Lipinski definition) is 16. The molecule has 2 aliphatic heterocycles. The van der Waals surface area contributed by atoms with Crippen molar-refractivity contribution in [2.75, 3.05) is 23.8 Å². The van der Waals surface area contributed by atoms with Crippen molar-refractivity contribution in [3.8, 4) is 0 Å². The van der Waals surface area contributed by atoms with Crippen LogP contribution in [0, 0.1) is 18.4 Å². The van der Waals surface area contributed by atoms with Crippen LogP contribution >= 0.6 is 8.53 Å². The summed E-state index contributed by atoms with van der Waals surface area (Å²) in [4.78, 5) is 76.4. The first-order chi connectivity index (χ1) is 35.7. The minimum atomic E-state index is -2.41. The molecule has 0 saturated carbocycles. The van der Waals surface area contributed by atoms with Gasteiger partial charge in [0.05, 0.1) is 24.9 Å². The number of carbonyl (C=O) groups is 2. The number of anilines is 2. The van der Waals surface area contributed by atoms with Gasteiger partial charge in [-0.1, -0.05) is 83.1 Å². The second-order valence-electron chi connectivity index (χ2n) is 24.0. The van der Waals surface area contributed by atoms with Gasteiger partial charge in [0.25, 0.3) is 19.6 Å². The molecule has 26 heteroatoms. The Bertz CT molecular complexity index is 2810. The minimum absolute atomic E-state index is 0.0360. The Morgan fingerprint density at radius 2 is 1.17 bits per heavy atom. The van der Waals surface area contributed by atoms with Crippen LogP contribution in [0.2, 0.25) is 36.3 Å². The van der Waals surface area contributed by atoms with Gasteiger partial charge < -0.3 is 37.3 Å². The summed E-state index contributed by atoms with van der Waals surface area (Å²) in [6.07, 6.45) is -0.613. The maximum absolute atomic E-state index is 13.0. The van der Waals surface area contributed by atoms with Crippen molar-refractivity contribution >= 4 is 71.2 Å². The first-order valence-electron chi connectivity index (χ1n) is 26.8. The summed E-state index contributed by atoms with van der Waals surface area (Å²) >= 11 is 0. The lowest BCUT2D eigenvalue weighted by Gasteiger charge is -2.42. The van der Waals surface area contributed by atoms with Gasteiger partial charge in [0.1, 0.15) is 31.0 Å². The van der Waals surface area contributed by atoms with Crippen molar-refractivity contribution in [3.05, 3.63) is 44.8 Å². The Morgan fingerprint density at radius 1 is 0.753 bits per heavy atom. The van der Waals surface area contributed by atoms with Crippen LogP contribution in [0.25, 0.3) is 27.2 Å². The zero-order valence-electron chi connectivity index (χ0n) is 49.0. The second-order valence-corrected chi connectivity index (χ2v) is 34.9. The van der Waals surface area contributed by atoms with E-state index in [-0.39, 0.29) is 99.3 Å². The summed E-state index contributed by atoms with van der Waals surface area (Å²) in [5, 5.41) is 16.1. The van der Waals surface area contributed by atoms with Crippen LogP contribution in [0.4, 0.5) is 11.9 Å². The fourth-order valence-electron chi connectivity index (χ4n) is 8.21. The molecular weight excluding hydrogens is 1040 g/mol. The molecule has 0 spiro atoms. The highest BCUT2D eigenvalue weighted by molar-refractivity contribution is 7.44. The number of H-pyrrole nitrogens is 2. The molecule has 4 aromatic heterocycles. The van der Waals surface area contributed by atoms with E-state index in [0.29, 0.717) is 12.8 Å². The summed E-state index contributed by atoms with van der Waals surface area (Å²) in [5.41, 5.74) is -0.176. The van der Waals surface area contributed by atoms with Gasteiger partial charge in [0, 0.05) is 23.9 Å². The minimum Gasteiger partial charge on any atom is -0.407 e. The van der Waals surface area contributed by atoms with Crippen molar-refractivity contribution in [2.24, 2.45) is 11.8 Å². The fourth-order valence-corrected chi connectivity index (χ4v) is 12.5. The molecule has 430 valence electrons. The molecule has 77 heavy (non-hydrogen) atoms. The van der Waals surface area contributed by atoms with E-state index in [0.717, 1.165) is 0 Å². The molecule has 6 rings (SSSR count). The molecule has 6 heterocycles. The van der Waals surface area contributed by atoms with Crippen molar-refractivity contribution in [3.63, 3.8) is 0 Å². The highest BCUT2D eigenvalue weighted by Gasteiger charge is 2.54. The average Bonchev–Trinajstić information content (AvgIpc) is 4.09. The lowest BCUT2D eigenvalue weighted by molar-refractivity contribution is -0.119. The van der Waals surface area contributed by atoms with Gasteiger partial charge >= 0.3 is 0 Å². The lowest BCUT2D eigenvalue weighted by atomic mass is 10.1. The van der Waals surface area contributed by atoms with Gasteiger partial charge in [0.2, 0.25) is 30.3 Å². The summed E-state index contributed by atoms with van der Waals surface area (Å²) in [6, 6.07) is 0.241. The number of aliphatic hydroxyl groups excluding tert-OH is 1. The number of imidazole rings is 2. The maximum atomic E-state index is 13.0. The third kappa shape index (κ3) is 14.5. The van der Waals surface area contributed by atoms with Gasteiger partial charge in [-0.3, -0.25) is 48.9 Å². The van der Waals surface area contributed by atoms with Crippen LogP contribution in [0.5, 0.6) is 0 Å². The molecule has 0 radical (unpaired) electrons. The van der Waals surface area contributed by atoms with Gasteiger partial charge in [0.15, 0.2) is 51.4 Å². The number of fused-ring (bicyclic) bond motifs is 2. The number of nitrogens with one attached hydrogen (secondary N) is 4. The Kier molecular flexibility index (Phi) is 21.0. The fraction of sp³-hybridized carbons (Fsp3) is 0.745. The normalized spacial score (nSPS) is 22.9. The highest BCUT2D eigenvalue weighted by Crippen LogP contribution is 2.52. The van der Waals surface area contributed by atoms with Crippen molar-refractivity contribution < 1.29 is 42.1 Å². The van der Waals surface area contributed by atoms with E-state index in [2.05, 4.69) is 145 Å². The first-order valence-corrected chi connectivity index (χ1v) is 33.8. The Morgan fingerprint density at radius 3 is 1.56 bits per heavy atom. The monoisotopic (exact) mass is 1130 g/mol. The van der Waals surface area contributed by atoms with Crippen LogP contribution in [0.3, 0.4) is 0 Å². The summed E-state index contributed by atoms with van der Waals surface area (Å²) in [5.74, 6) is -1.05. The number of ether oxygens (including phenoxy) is 2. The lowest BCUT2D eigenvalue weighted by Crippen LogP contribution is -2.49. The molecule has 9 atom stereocenters. The van der Waals surface area contributed by atoms with Gasteiger partial charge in [-0.2, -0.15) is 9.97 Å². The maximum Gasteiger partial charge on any atom is 0.280 e. The number of aromatic nitrogens is 8. The van der Waals surface area contributed by atoms with Crippen LogP contribution in [-0.2, 0) is 37.0 Å². The van der Waals surface area contributed by atoms with E-state index in [1.165, 1.54) is 12.7 Å². The van der Waals surface area contributed by atoms with E-state index in [4.69, 9.17) is 33.9 Å². The molecule has 0 bridgehead atoms. The summed E-state index contributed by atoms with van der Waals surface area (Å²) in [6.45, 7) is 48.6. The molecule has 0 aromatic carbocycles. The predicted octanol–water partition coefficient (Wildman–Crippen LogP) is 8.85. The number of aliphatic hydroxyl groups is 1. The van der Waals surface area contributed by atoms with Crippen LogP contribution in [0.1, 0.15) is 136 Å². The van der Waals surface area contributed by atoms with Crippen molar-refractivity contribution in [1.29, 1.82) is 0 Å². The standard InChI is InChI=1S/C30H52N7O6PSi.C21H35N5O5Si/c1-14-21-23(42-44(40-16-15-31-11)37(19(4)5)20(6)7)24(43-45(12,13)30(8,9)10)28(41-21)36-17-32-22-25(36)33-29(35-27(22)39)34-26(38)18(2)3;1-9-12-14(27)15(31-32(7,8)21(4,5)6)19(30-12)26-10-22-13-16(26)23-20(25-18(13)29)24-17(28)11(2)3/h17-21,23-24,28H,14-16H2,1-10,12-13H3,(H2,33,34,35,38,39);10-12,14-15,19,27H,9H2,1-8H3,(H2,23,24,25,28,29)/t21-,23-,24-,28-,44?;12-,14-,15-,19-/m11/s1. The number of aromatic amines is 2. The Balaban J connectivity index is 0.000000300. The van der Waals surface area contributed by atoms with Gasteiger partial charge in [-0.15, -0.1) is 0 Å². The molecule has 2 saturated heterocycles. The number of amides is 2. The van der Waals surface area contributed by atoms with Crippen molar-refractivity contribution in [2.45, 2.75) is 221 Å². The first kappa shape index (κ1) is 63.5. The van der Waals surface area contributed by atoms with Gasteiger partial charge in [-0.05, 0) is 76.8 Å². The zero-order chi connectivity index (χ0) is 57.9. The van der Waals surface area contributed by atoms with E-state index in [1.807, 2.05) is 13.8 Å². The molecule has 23 nitrogen and oxygen atoms in total. The summed E-state index contributed by atoms with van der Waals surface area (Å²) in [7, 11) is -6.25. The summed E-state index contributed by atoms with van der Waals surface area (Å²) < 4.78 is 45.4. The largest absolute Gasteiger partial charge is 0.407 e. The number of carbonyl (C=O) groups excluding carboxylic acids is 2. The molecule has 2 fully saturated rings. The van der Waals surface area contributed by atoms with Crippen LogP contribution < -0.4 is 21.8 Å². The predicted molar refractivity (Wildman–Crippen MR) is 303 cm³/mol. The van der Waals surface area contributed by atoms with E-state index >= 15 is 0 Å². The average molecular weight is 1130 g/mol. The molecule has 2 amide bonds. The quantitative estimate of drug-likeness (QED) is 0.0239. The zero-order valence-corrected chi connectivity index (χ0v) is 51.9. The number of hydrogen-bond donors (Lipinski definition) is 5. The SMILES string of the molecule is CC[C@H]1O[C@@H](n2cnc3c(=O)[nH]c(NC(=O)C(C)C)nc32)[C@H](O[Si](C)(C)C(C)(C)C)[C@@H]1O.[C-]#[N+]CCOP(O[C@H]1[C@@H](O[Si](C)(C)C(C)(C)C)[C@H](n2cnc3c(=O)[nH]c(NC(=O)C(C)C)nc32)O[C@@H]1CC)N(C(C)C)C(C)C. The third-order valence-corrected chi connectivity index (χ3v) is 25.8. The van der Waals surface area contributed by atoms with Crippen LogP contribution in [-0.4, -0.2) is 139 Å². The third-order valence-electron chi connectivity index (χ3n) is 14.7. The second kappa shape index (κ2) is 25.4. The smallest absolute Gasteiger partial charge is 0.280 e. The number of nitrogens with zero attached hydrogens (tertiary/aromatic N) is 8. The van der Waals surface area contributed by atoms with Crippen molar-refractivity contribution in [1.82, 2.24) is 43.7 Å². The van der Waals surface area contributed by atoms with E-state index in [1.54, 1.807) is 36.8 Å². The van der Waals surface area contributed by atoms with Gasteiger partial charge in [-0.25, -0.2) is 21.2 Å². The number of rotatable bonds is 20. The highest BCUT2D eigenvalue weighted by atomic mass is 31.2. The topological polar surface area (TPSA) is 269 Å². The molecule has 4 aromatic rings.